The van der Waals surface area contributed by atoms with Crippen molar-refractivity contribution in [1.29, 1.82) is 0 Å². The van der Waals surface area contributed by atoms with Gasteiger partial charge in [-0.05, 0) is 55.4 Å². The van der Waals surface area contributed by atoms with E-state index in [1.54, 1.807) is 0 Å². The molecule has 1 saturated carbocycles. The first kappa shape index (κ1) is 24.8. The fraction of sp³-hybridized carbons (Fsp3) is 0.435. The van der Waals surface area contributed by atoms with E-state index < -0.39 is 5.91 Å². The molecule has 9 nitrogen and oxygen atoms in total. The van der Waals surface area contributed by atoms with Crippen LogP contribution >= 0.6 is 0 Å². The van der Waals surface area contributed by atoms with Crippen molar-refractivity contribution in [3.63, 3.8) is 0 Å². The Hall–Kier alpha value is -3.49. The lowest BCUT2D eigenvalue weighted by Crippen LogP contribution is -2.41. The van der Waals surface area contributed by atoms with E-state index in [1.807, 2.05) is 24.3 Å². The number of benzene rings is 1. The molecule has 1 fully saturated rings. The Balaban J connectivity index is 0.00000363. The Kier molecular flexibility index (Phi) is 8.69. The van der Waals surface area contributed by atoms with Gasteiger partial charge in [0.1, 0.15) is 0 Å². The van der Waals surface area contributed by atoms with Crippen LogP contribution < -0.4 is 21.7 Å². The number of carbonyl (C=O) groups excluding carboxylic acids is 2. The maximum Gasteiger partial charge on any atom is 0.273 e. The maximum atomic E-state index is 11.8. The molecule has 32 heavy (non-hydrogen) atoms. The van der Waals surface area contributed by atoms with E-state index in [0.29, 0.717) is 11.9 Å². The first-order chi connectivity index (χ1) is 14.9. The van der Waals surface area contributed by atoms with Crippen LogP contribution in [-0.2, 0) is 4.79 Å². The van der Waals surface area contributed by atoms with E-state index in [1.165, 1.54) is 11.6 Å². The number of nitrogens with zero attached hydrogens (tertiary/aromatic N) is 3. The molecule has 1 heterocycles. The third-order valence-corrected chi connectivity index (χ3v) is 5.30. The summed E-state index contributed by atoms with van der Waals surface area (Å²) < 4.78 is 0. The third-order valence-electron chi connectivity index (χ3n) is 5.30. The van der Waals surface area contributed by atoms with E-state index in [2.05, 4.69) is 51.6 Å². The molecule has 3 rings (SSSR count). The topological polar surface area (TPSA) is 135 Å². The molecule has 0 radical (unpaired) electrons. The third kappa shape index (κ3) is 6.50. The van der Waals surface area contributed by atoms with Crippen LogP contribution in [0.5, 0.6) is 0 Å². The number of nitrogens with one attached hydrogen (secondary N) is 3. The zero-order valence-corrected chi connectivity index (χ0v) is 17.9. The van der Waals surface area contributed by atoms with E-state index >= 15 is 0 Å². The van der Waals surface area contributed by atoms with E-state index in [9.17, 15) is 9.59 Å². The van der Waals surface area contributed by atoms with Crippen molar-refractivity contribution in [3.8, 4) is 0 Å². The second kappa shape index (κ2) is 11.2. The fourth-order valence-corrected chi connectivity index (χ4v) is 3.62. The highest BCUT2D eigenvalue weighted by Crippen LogP contribution is 2.24. The highest BCUT2D eigenvalue weighted by atomic mass is 16.2. The monoisotopic (exact) mass is 439 g/mol. The number of aromatic nitrogens is 3. The molecule has 0 spiro atoms. The lowest BCUT2D eigenvalue weighted by Gasteiger charge is -2.30. The number of hydrogen-bond acceptors (Lipinski definition) is 7. The van der Waals surface area contributed by atoms with Crippen LogP contribution in [0, 0.1) is 0 Å². The number of hydrogen-bond donors (Lipinski definition) is 4. The van der Waals surface area contributed by atoms with Gasteiger partial charge in [0.15, 0.2) is 11.5 Å². The van der Waals surface area contributed by atoms with E-state index in [0.717, 1.165) is 31.4 Å². The number of primary amides is 1. The van der Waals surface area contributed by atoms with Gasteiger partial charge in [0.05, 0.1) is 0 Å². The van der Waals surface area contributed by atoms with Crippen molar-refractivity contribution in [2.24, 2.45) is 5.73 Å². The van der Waals surface area contributed by atoms with Crippen LogP contribution in [0.4, 0.5) is 17.5 Å². The van der Waals surface area contributed by atoms with Crippen LogP contribution in [0.2, 0.25) is 0 Å². The van der Waals surface area contributed by atoms with Crippen molar-refractivity contribution < 1.29 is 9.59 Å². The summed E-state index contributed by atoms with van der Waals surface area (Å²) in [6.45, 7) is 7.74. The molecule has 2 atom stereocenters. The van der Waals surface area contributed by atoms with Crippen molar-refractivity contribution in [2.45, 2.75) is 65.0 Å². The maximum absolute atomic E-state index is 11.8. The number of carbonyl (C=O) groups is 2. The zero-order valence-electron chi connectivity index (χ0n) is 17.9. The number of rotatable bonds is 8. The largest absolute Gasteiger partial charge is 0.364 e. The minimum absolute atomic E-state index is 0. The van der Waals surface area contributed by atoms with Crippen LogP contribution in [0.15, 0.2) is 36.9 Å². The van der Waals surface area contributed by atoms with Gasteiger partial charge in [-0.3, -0.25) is 9.59 Å². The van der Waals surface area contributed by atoms with Gasteiger partial charge >= 0.3 is 0 Å². The molecule has 2 amide bonds. The smallest absolute Gasteiger partial charge is 0.273 e. The summed E-state index contributed by atoms with van der Waals surface area (Å²) in [7, 11) is 0. The highest BCUT2D eigenvalue weighted by molar-refractivity contribution is 5.96. The first-order valence-corrected chi connectivity index (χ1v) is 10.5. The van der Waals surface area contributed by atoms with Gasteiger partial charge in [0.25, 0.3) is 5.91 Å². The van der Waals surface area contributed by atoms with Gasteiger partial charge in [-0.25, -0.2) is 0 Å². The van der Waals surface area contributed by atoms with Crippen LogP contribution in [0.25, 0.3) is 0 Å². The molecule has 0 saturated heterocycles. The minimum Gasteiger partial charge on any atom is -0.364 e. The van der Waals surface area contributed by atoms with Gasteiger partial charge in [0.2, 0.25) is 11.9 Å². The van der Waals surface area contributed by atoms with E-state index in [4.69, 9.17) is 5.73 Å². The Labute approximate surface area is 189 Å². The Morgan fingerprint density at radius 2 is 1.84 bits per heavy atom. The van der Waals surface area contributed by atoms with Gasteiger partial charge in [-0.15, -0.1) is 10.2 Å². The Bertz CT molecular complexity index is 944. The summed E-state index contributed by atoms with van der Waals surface area (Å²) >= 11 is 0. The quantitative estimate of drug-likeness (QED) is 0.462. The van der Waals surface area contributed by atoms with Gasteiger partial charge in [-0.1, -0.05) is 40.0 Å². The number of nitrogens with two attached hydrogens (primary N) is 1. The SMILES string of the molecule is C.C=CC(=O)N[C@H]1CCC[C@@H](Nc2nnc(C(N)=O)c(Nc3ccc(C(C)C)cc3)n2)C1. The molecule has 1 aliphatic rings. The lowest BCUT2D eigenvalue weighted by molar-refractivity contribution is -0.117. The molecule has 2 aromatic rings. The molecule has 5 N–H and O–H groups in total. The second-order valence-corrected chi connectivity index (χ2v) is 8.02. The molecule has 0 unspecified atom stereocenters. The summed E-state index contributed by atoms with van der Waals surface area (Å²) in [5, 5.41) is 17.3. The first-order valence-electron chi connectivity index (χ1n) is 10.5. The second-order valence-electron chi connectivity index (χ2n) is 8.02. The van der Waals surface area contributed by atoms with Crippen molar-refractivity contribution in [2.75, 3.05) is 10.6 Å². The number of anilines is 3. The molecule has 9 heteroatoms. The molecule has 1 aromatic heterocycles. The molecule has 1 aliphatic carbocycles. The summed E-state index contributed by atoms with van der Waals surface area (Å²) in [6, 6.07) is 8.01. The van der Waals surface area contributed by atoms with Crippen molar-refractivity contribution in [3.05, 3.63) is 48.2 Å². The lowest BCUT2D eigenvalue weighted by atomic mass is 9.91. The van der Waals surface area contributed by atoms with E-state index in [-0.39, 0.29) is 36.9 Å². The minimum atomic E-state index is -0.710. The number of amides is 2. The predicted molar refractivity (Wildman–Crippen MR) is 127 cm³/mol. The standard InChI is InChI=1S/C22H29N7O2.CH4/c1-4-18(30)24-16-6-5-7-17(12-16)26-22-27-21(19(20(23)31)28-29-22)25-15-10-8-14(9-11-15)13(2)3;/h4,8-11,13,16-17H,1,5-7,12H2,2-3H3,(H2,23,31)(H,24,30)(H2,25,26,27,29);1H4/t16-,17+;/m0./s1. The summed E-state index contributed by atoms with van der Waals surface area (Å²) in [5.74, 6) is 0.0750. The normalized spacial score (nSPS) is 17.7. The Morgan fingerprint density at radius 1 is 1.16 bits per heavy atom. The van der Waals surface area contributed by atoms with Crippen molar-refractivity contribution in [1.82, 2.24) is 20.5 Å². The van der Waals surface area contributed by atoms with Crippen LogP contribution in [-0.4, -0.2) is 39.1 Å². The summed E-state index contributed by atoms with van der Waals surface area (Å²) in [4.78, 5) is 27.8. The molecular formula is C23H33N7O2. The molecule has 1 aromatic carbocycles. The van der Waals surface area contributed by atoms with Gasteiger partial charge in [0, 0.05) is 17.8 Å². The average molecular weight is 440 g/mol. The van der Waals surface area contributed by atoms with Crippen LogP contribution in [0.3, 0.4) is 0 Å². The average Bonchev–Trinajstić information content (AvgIpc) is 2.74. The zero-order chi connectivity index (χ0) is 22.4. The summed E-state index contributed by atoms with van der Waals surface area (Å²) in [5.41, 5.74) is 7.40. The predicted octanol–water partition coefficient (Wildman–Crippen LogP) is 3.50. The van der Waals surface area contributed by atoms with Crippen LogP contribution in [0.1, 0.15) is 68.9 Å². The molecule has 0 aliphatic heterocycles. The van der Waals surface area contributed by atoms with Gasteiger partial charge < -0.3 is 21.7 Å². The fourth-order valence-electron chi connectivity index (χ4n) is 3.62. The molecular weight excluding hydrogens is 406 g/mol. The Morgan fingerprint density at radius 3 is 2.47 bits per heavy atom. The molecule has 0 bridgehead atoms. The van der Waals surface area contributed by atoms with Crippen molar-refractivity contribution >= 4 is 29.3 Å². The molecule has 172 valence electrons. The summed E-state index contributed by atoms with van der Waals surface area (Å²) in [6.07, 6.45) is 4.80. The highest BCUT2D eigenvalue weighted by Gasteiger charge is 2.24. The van der Waals surface area contributed by atoms with Gasteiger partial charge in [-0.2, -0.15) is 4.98 Å².